The van der Waals surface area contributed by atoms with E-state index in [1.165, 1.54) is 24.2 Å². The maximum Gasteiger partial charge on any atom is 0.332 e. The van der Waals surface area contributed by atoms with Crippen LogP contribution in [0.25, 0.3) is 0 Å². The molecule has 0 aliphatic heterocycles. The van der Waals surface area contributed by atoms with E-state index in [1.54, 1.807) is 18.2 Å². The number of amides is 2. The monoisotopic (exact) mass is 334 g/mol. The van der Waals surface area contributed by atoms with Crippen molar-refractivity contribution < 1.29 is 19.2 Å². The predicted octanol–water partition coefficient (Wildman–Crippen LogP) is 0.839. The van der Waals surface area contributed by atoms with Gasteiger partial charge in [-0.3, -0.25) is 10.1 Å². The topological polar surface area (TPSA) is 147 Å². The van der Waals surface area contributed by atoms with Gasteiger partial charge in [-0.25, -0.2) is 14.9 Å². The van der Waals surface area contributed by atoms with Gasteiger partial charge in [-0.1, -0.05) is 0 Å². The third-order valence-electron chi connectivity index (χ3n) is 2.76. The van der Waals surface area contributed by atoms with Crippen LogP contribution in [0.15, 0.2) is 35.7 Å². The fraction of sp³-hybridized carbons (Fsp3) is 0.154. The Hall–Kier alpha value is -3.63. The zero-order valence-electron chi connectivity index (χ0n) is 12.6. The van der Waals surface area contributed by atoms with Gasteiger partial charge in [-0.15, -0.1) is 0 Å². The second-order valence-electron chi connectivity index (χ2n) is 4.41. The lowest BCUT2D eigenvalue weighted by Gasteiger charge is -2.11. The van der Waals surface area contributed by atoms with E-state index in [4.69, 9.17) is 15.2 Å². The van der Waals surface area contributed by atoms with Gasteiger partial charge in [0.15, 0.2) is 18.2 Å². The smallest absolute Gasteiger partial charge is 0.332 e. The molecule has 0 saturated heterocycles. The van der Waals surface area contributed by atoms with Crippen LogP contribution < -0.4 is 20.6 Å². The predicted molar refractivity (Wildman–Crippen MR) is 82.8 cm³/mol. The van der Waals surface area contributed by atoms with Crippen LogP contribution in [0.2, 0.25) is 0 Å². The van der Waals surface area contributed by atoms with Gasteiger partial charge in [0.1, 0.15) is 12.4 Å². The number of nitrogens with zero attached hydrogens (tertiary/aromatic N) is 4. The normalized spacial score (nSPS) is 10.5. The molecule has 0 spiro atoms. The molecule has 2 rings (SSSR count). The molecular weight excluding hydrogens is 320 g/mol. The van der Waals surface area contributed by atoms with Crippen LogP contribution in [0.1, 0.15) is 5.56 Å². The highest BCUT2D eigenvalue weighted by Crippen LogP contribution is 2.27. The molecule has 0 radical (unpaired) electrons. The molecule has 2 aromatic rings. The number of nitrogens with two attached hydrogens (primary N) is 1. The first-order chi connectivity index (χ1) is 11.5. The van der Waals surface area contributed by atoms with Crippen LogP contribution in [0.3, 0.4) is 0 Å². The number of carbonyl (C=O) groups is 1. The van der Waals surface area contributed by atoms with E-state index in [0.717, 1.165) is 6.20 Å². The first-order valence-corrected chi connectivity index (χ1v) is 6.56. The van der Waals surface area contributed by atoms with Crippen molar-refractivity contribution in [2.45, 2.75) is 6.73 Å². The number of aromatic nitrogens is 2. The van der Waals surface area contributed by atoms with E-state index >= 15 is 0 Å². The van der Waals surface area contributed by atoms with Crippen LogP contribution in [0.4, 0.5) is 10.5 Å². The van der Waals surface area contributed by atoms with Gasteiger partial charge in [0.2, 0.25) is 0 Å². The molecule has 2 amide bonds. The molecular formula is C13H14N6O5. The largest absolute Gasteiger partial charge is 0.493 e. The molecule has 11 nitrogen and oxygen atoms in total. The molecule has 0 saturated carbocycles. The fourth-order valence-electron chi connectivity index (χ4n) is 1.71. The minimum Gasteiger partial charge on any atom is -0.493 e. The molecule has 0 bridgehead atoms. The highest BCUT2D eigenvalue weighted by atomic mass is 16.6. The molecule has 1 aromatic heterocycles. The zero-order chi connectivity index (χ0) is 17.5. The Morgan fingerprint density at radius 3 is 2.96 bits per heavy atom. The van der Waals surface area contributed by atoms with Gasteiger partial charge in [-0.2, -0.15) is 10.2 Å². The van der Waals surface area contributed by atoms with E-state index < -0.39 is 11.0 Å². The van der Waals surface area contributed by atoms with E-state index in [1.807, 2.05) is 0 Å². The van der Waals surface area contributed by atoms with E-state index in [9.17, 15) is 14.9 Å². The lowest BCUT2D eigenvalue weighted by molar-refractivity contribution is -0.385. The summed E-state index contributed by atoms with van der Waals surface area (Å²) in [6.45, 7) is -0.0269. The van der Waals surface area contributed by atoms with Gasteiger partial charge in [0.05, 0.1) is 18.2 Å². The summed E-state index contributed by atoms with van der Waals surface area (Å²) in [5.41, 5.74) is 7.48. The number of primary amides is 1. The number of hydrogen-bond donors (Lipinski definition) is 2. The summed E-state index contributed by atoms with van der Waals surface area (Å²) in [6.07, 6.45) is 3.77. The summed E-state index contributed by atoms with van der Waals surface area (Å²) in [6, 6.07) is 4.16. The van der Waals surface area contributed by atoms with Gasteiger partial charge >= 0.3 is 11.7 Å². The number of rotatable bonds is 7. The number of nitro groups is 1. The third-order valence-corrected chi connectivity index (χ3v) is 2.76. The van der Waals surface area contributed by atoms with Crippen LogP contribution in [-0.4, -0.2) is 34.1 Å². The maximum atomic E-state index is 10.6. The summed E-state index contributed by atoms with van der Waals surface area (Å²) >= 11 is 0. The number of hydrazone groups is 1. The zero-order valence-corrected chi connectivity index (χ0v) is 12.6. The van der Waals surface area contributed by atoms with E-state index in [2.05, 4.69) is 15.6 Å². The van der Waals surface area contributed by atoms with Crippen LogP contribution >= 0.6 is 0 Å². The highest BCUT2D eigenvalue weighted by Gasteiger charge is 2.10. The van der Waals surface area contributed by atoms with Crippen LogP contribution in [0.5, 0.6) is 11.5 Å². The molecule has 126 valence electrons. The minimum atomic E-state index is -0.772. The van der Waals surface area contributed by atoms with Gasteiger partial charge in [0.25, 0.3) is 0 Å². The molecule has 0 fully saturated rings. The number of ether oxygens (including phenoxy) is 2. The number of nitrogens with one attached hydrogen (secondary N) is 1. The third kappa shape index (κ3) is 4.43. The number of urea groups is 1. The van der Waals surface area contributed by atoms with Crippen molar-refractivity contribution in [3.63, 3.8) is 0 Å². The van der Waals surface area contributed by atoms with Gasteiger partial charge in [-0.05, 0) is 23.8 Å². The SMILES string of the molecule is COc1cc(C=NNC(N)=O)ccc1OCn1cc([N+](=O)[O-])cn1. The Morgan fingerprint density at radius 1 is 1.54 bits per heavy atom. The Kier molecular flexibility index (Phi) is 5.28. The number of carbonyl (C=O) groups excluding carboxylic acids is 1. The second kappa shape index (κ2) is 7.58. The summed E-state index contributed by atoms with van der Waals surface area (Å²) in [5.74, 6) is 0.829. The van der Waals surface area contributed by atoms with Crippen molar-refractivity contribution in [1.82, 2.24) is 15.2 Å². The fourth-order valence-corrected chi connectivity index (χ4v) is 1.71. The Balaban J connectivity index is 2.05. The number of hydrogen-bond acceptors (Lipinski definition) is 7. The molecule has 1 heterocycles. The average Bonchev–Trinajstić information content (AvgIpc) is 3.02. The van der Waals surface area contributed by atoms with Crippen molar-refractivity contribution in [2.24, 2.45) is 10.8 Å². The van der Waals surface area contributed by atoms with E-state index in [0.29, 0.717) is 17.1 Å². The quantitative estimate of drug-likeness (QED) is 0.435. The first-order valence-electron chi connectivity index (χ1n) is 6.56. The van der Waals surface area contributed by atoms with Crippen molar-refractivity contribution in [1.29, 1.82) is 0 Å². The molecule has 0 unspecified atom stereocenters. The maximum absolute atomic E-state index is 10.6. The summed E-state index contributed by atoms with van der Waals surface area (Å²) in [5, 5.41) is 18.1. The molecule has 0 aliphatic rings. The van der Waals surface area contributed by atoms with Crippen molar-refractivity contribution in [3.8, 4) is 11.5 Å². The van der Waals surface area contributed by atoms with Crippen molar-refractivity contribution >= 4 is 17.9 Å². The van der Waals surface area contributed by atoms with Crippen LogP contribution in [0, 0.1) is 10.1 Å². The number of benzene rings is 1. The molecule has 3 N–H and O–H groups in total. The molecule has 0 aliphatic carbocycles. The number of methoxy groups -OCH3 is 1. The lowest BCUT2D eigenvalue weighted by Crippen LogP contribution is -2.24. The summed E-state index contributed by atoms with van der Waals surface area (Å²) in [7, 11) is 1.46. The van der Waals surface area contributed by atoms with Gasteiger partial charge < -0.3 is 15.2 Å². The lowest BCUT2D eigenvalue weighted by atomic mass is 10.2. The first kappa shape index (κ1) is 16.7. The van der Waals surface area contributed by atoms with E-state index in [-0.39, 0.29) is 12.4 Å². The standard InChI is InChI=1S/C13H14N6O5/c1-23-12-4-9(5-15-17-13(14)20)2-3-11(12)24-8-18-7-10(6-16-18)19(21)22/h2-7H,8H2,1H3,(H3,14,17,20). The second-order valence-corrected chi connectivity index (χ2v) is 4.41. The molecule has 24 heavy (non-hydrogen) atoms. The van der Waals surface area contributed by atoms with Crippen molar-refractivity contribution in [2.75, 3.05) is 7.11 Å². The van der Waals surface area contributed by atoms with Crippen molar-refractivity contribution in [3.05, 3.63) is 46.3 Å². The molecule has 11 heteroatoms. The Bertz CT molecular complexity index is 772. The summed E-state index contributed by atoms with van der Waals surface area (Å²) < 4.78 is 12.0. The summed E-state index contributed by atoms with van der Waals surface area (Å²) in [4.78, 5) is 20.6. The highest BCUT2D eigenvalue weighted by molar-refractivity contribution is 5.82. The van der Waals surface area contributed by atoms with Crippen LogP contribution in [-0.2, 0) is 6.73 Å². The Morgan fingerprint density at radius 2 is 2.33 bits per heavy atom. The Labute approximate surface area is 135 Å². The molecule has 0 atom stereocenters. The minimum absolute atomic E-state index is 0.0269. The average molecular weight is 334 g/mol. The van der Waals surface area contributed by atoms with Gasteiger partial charge in [0, 0.05) is 0 Å². The molecule has 1 aromatic carbocycles.